The third kappa shape index (κ3) is 7.05. The van der Waals surface area contributed by atoms with Crippen LogP contribution in [0.15, 0.2) is 35.3 Å². The first-order valence-electron chi connectivity index (χ1n) is 11.3. The van der Waals surface area contributed by atoms with E-state index in [2.05, 4.69) is 41.1 Å². The zero-order chi connectivity index (χ0) is 21.3. The van der Waals surface area contributed by atoms with Crippen LogP contribution < -0.4 is 5.32 Å². The maximum Gasteiger partial charge on any atom is 0.239 e. The molecule has 31 heavy (non-hydrogen) atoms. The molecule has 0 spiro atoms. The third-order valence-corrected chi connectivity index (χ3v) is 6.13. The monoisotopic (exact) mass is 543 g/mol. The van der Waals surface area contributed by atoms with Crippen molar-refractivity contribution in [1.82, 2.24) is 20.0 Å². The highest BCUT2D eigenvalue weighted by molar-refractivity contribution is 14.0. The van der Waals surface area contributed by atoms with Crippen molar-refractivity contribution in [2.45, 2.75) is 38.8 Å². The number of methoxy groups -OCH3 is 1. The van der Waals surface area contributed by atoms with E-state index >= 15 is 0 Å². The lowest BCUT2D eigenvalue weighted by molar-refractivity contribution is -0.135. The highest BCUT2D eigenvalue weighted by Gasteiger charge is 2.30. The Morgan fingerprint density at radius 1 is 1.06 bits per heavy atom. The number of aliphatic imine (C=N–C) groups is 1. The first kappa shape index (κ1) is 25.9. The highest BCUT2D eigenvalue weighted by atomic mass is 127. The normalized spacial score (nSPS) is 19.6. The second-order valence-electron chi connectivity index (χ2n) is 8.06. The molecule has 2 aliphatic heterocycles. The molecule has 0 radical (unpaired) electrons. The molecule has 2 unspecified atom stereocenters. The average Bonchev–Trinajstić information content (AvgIpc) is 3.33. The Morgan fingerprint density at radius 3 is 2.29 bits per heavy atom. The second kappa shape index (κ2) is 13.2. The number of nitrogens with one attached hydrogen (secondary N) is 1. The molecule has 2 fully saturated rings. The predicted octanol–water partition coefficient (Wildman–Crippen LogP) is 2.59. The molecule has 3 rings (SSSR count). The molecular formula is C23H38IN5O2. The summed E-state index contributed by atoms with van der Waals surface area (Å²) in [5.41, 5.74) is 1.14. The van der Waals surface area contributed by atoms with Crippen LogP contribution >= 0.6 is 24.0 Å². The molecule has 0 bridgehead atoms. The summed E-state index contributed by atoms with van der Waals surface area (Å²) >= 11 is 0. The van der Waals surface area contributed by atoms with E-state index in [9.17, 15) is 4.79 Å². The largest absolute Gasteiger partial charge is 0.375 e. The van der Waals surface area contributed by atoms with Crippen molar-refractivity contribution < 1.29 is 9.53 Å². The van der Waals surface area contributed by atoms with Crippen LogP contribution in [0.2, 0.25) is 0 Å². The fourth-order valence-electron chi connectivity index (χ4n) is 4.26. The van der Waals surface area contributed by atoms with Gasteiger partial charge in [-0.2, -0.15) is 0 Å². The van der Waals surface area contributed by atoms with Gasteiger partial charge in [0.1, 0.15) is 6.10 Å². The molecule has 0 aliphatic carbocycles. The van der Waals surface area contributed by atoms with Crippen LogP contribution in [0.25, 0.3) is 0 Å². The number of piperazine rings is 1. The van der Waals surface area contributed by atoms with Gasteiger partial charge in [0.15, 0.2) is 5.96 Å². The Kier molecular flexibility index (Phi) is 11.0. The van der Waals surface area contributed by atoms with Gasteiger partial charge in [-0.3, -0.25) is 14.7 Å². The SMILES string of the molecule is CCNC(=NCC(OC)c1ccccc1)N1CCN(C(C)C(=O)N2CCCC2)CC1.I. The fourth-order valence-corrected chi connectivity index (χ4v) is 4.26. The van der Waals surface area contributed by atoms with Crippen LogP contribution in [0.3, 0.4) is 0 Å². The number of hydrogen-bond acceptors (Lipinski definition) is 4. The minimum Gasteiger partial charge on any atom is -0.375 e. The minimum absolute atomic E-state index is 0. The molecule has 2 atom stereocenters. The van der Waals surface area contributed by atoms with Crippen LogP contribution in [-0.4, -0.2) is 92.1 Å². The summed E-state index contributed by atoms with van der Waals surface area (Å²) in [5.74, 6) is 1.21. The van der Waals surface area contributed by atoms with E-state index in [4.69, 9.17) is 9.73 Å². The summed E-state index contributed by atoms with van der Waals surface area (Å²) in [7, 11) is 1.73. The minimum atomic E-state index is -0.0562. The molecule has 1 aromatic carbocycles. The van der Waals surface area contributed by atoms with Gasteiger partial charge in [0, 0.05) is 52.9 Å². The van der Waals surface area contributed by atoms with Crippen molar-refractivity contribution in [1.29, 1.82) is 0 Å². The summed E-state index contributed by atoms with van der Waals surface area (Å²) in [4.78, 5) is 24.2. The molecular weight excluding hydrogens is 505 g/mol. The zero-order valence-corrected chi connectivity index (χ0v) is 21.5. The first-order chi connectivity index (χ1) is 14.6. The number of nitrogens with zero attached hydrogens (tertiary/aromatic N) is 4. The molecule has 1 N–H and O–H groups in total. The van der Waals surface area contributed by atoms with E-state index in [0.29, 0.717) is 6.54 Å². The molecule has 1 amide bonds. The van der Waals surface area contributed by atoms with Crippen LogP contribution in [0.4, 0.5) is 0 Å². The Balaban J connectivity index is 0.00000341. The van der Waals surface area contributed by atoms with Crippen molar-refractivity contribution in [3.63, 3.8) is 0 Å². The van der Waals surface area contributed by atoms with Crippen molar-refractivity contribution in [2.75, 3.05) is 59.5 Å². The number of guanidine groups is 1. The molecule has 2 aliphatic rings. The molecule has 8 heteroatoms. The van der Waals surface area contributed by atoms with Gasteiger partial charge >= 0.3 is 0 Å². The van der Waals surface area contributed by atoms with E-state index in [-0.39, 0.29) is 42.0 Å². The number of ether oxygens (including phenoxy) is 1. The van der Waals surface area contributed by atoms with Crippen molar-refractivity contribution in [3.05, 3.63) is 35.9 Å². The van der Waals surface area contributed by atoms with Crippen LogP contribution in [0, 0.1) is 0 Å². The van der Waals surface area contributed by atoms with Crippen LogP contribution in [-0.2, 0) is 9.53 Å². The van der Waals surface area contributed by atoms with Gasteiger partial charge in [-0.25, -0.2) is 0 Å². The first-order valence-corrected chi connectivity index (χ1v) is 11.3. The van der Waals surface area contributed by atoms with Gasteiger partial charge in [0.05, 0.1) is 12.6 Å². The topological polar surface area (TPSA) is 60.4 Å². The summed E-state index contributed by atoms with van der Waals surface area (Å²) in [5, 5.41) is 3.42. The fraction of sp³-hybridized carbons (Fsp3) is 0.652. The number of rotatable bonds is 7. The summed E-state index contributed by atoms with van der Waals surface area (Å²) in [6, 6.07) is 10.2. The molecule has 7 nitrogen and oxygen atoms in total. The van der Waals surface area contributed by atoms with Crippen molar-refractivity contribution >= 4 is 35.8 Å². The number of hydrogen-bond donors (Lipinski definition) is 1. The van der Waals surface area contributed by atoms with Gasteiger partial charge in [-0.05, 0) is 32.3 Å². The highest BCUT2D eigenvalue weighted by Crippen LogP contribution is 2.17. The Bertz CT molecular complexity index is 688. The van der Waals surface area contributed by atoms with Crippen LogP contribution in [0.1, 0.15) is 38.4 Å². The molecule has 0 aromatic heterocycles. The number of likely N-dealkylation sites (tertiary alicyclic amines) is 1. The number of amides is 1. The van der Waals surface area contributed by atoms with Crippen molar-refractivity contribution in [2.24, 2.45) is 4.99 Å². The van der Waals surface area contributed by atoms with E-state index in [0.717, 1.165) is 70.2 Å². The Labute approximate surface area is 204 Å². The van der Waals surface area contributed by atoms with Gasteiger partial charge in [-0.1, -0.05) is 30.3 Å². The van der Waals surface area contributed by atoms with E-state index < -0.39 is 0 Å². The van der Waals surface area contributed by atoms with Gasteiger partial charge in [-0.15, -0.1) is 24.0 Å². The second-order valence-corrected chi connectivity index (χ2v) is 8.06. The summed E-state index contributed by atoms with van der Waals surface area (Å²) < 4.78 is 5.67. The zero-order valence-electron chi connectivity index (χ0n) is 19.1. The van der Waals surface area contributed by atoms with Gasteiger partial charge in [0.2, 0.25) is 5.91 Å². The smallest absolute Gasteiger partial charge is 0.239 e. The molecule has 1 aromatic rings. The molecule has 2 saturated heterocycles. The maximum absolute atomic E-state index is 12.7. The number of benzene rings is 1. The van der Waals surface area contributed by atoms with E-state index in [1.807, 2.05) is 23.1 Å². The molecule has 174 valence electrons. The Morgan fingerprint density at radius 2 is 1.71 bits per heavy atom. The number of carbonyl (C=O) groups is 1. The molecule has 2 heterocycles. The summed E-state index contributed by atoms with van der Waals surface area (Å²) in [6.07, 6.45) is 2.22. The number of halogens is 1. The van der Waals surface area contributed by atoms with E-state index in [1.165, 1.54) is 0 Å². The third-order valence-electron chi connectivity index (χ3n) is 6.13. The predicted molar refractivity (Wildman–Crippen MR) is 136 cm³/mol. The maximum atomic E-state index is 12.7. The standard InChI is InChI=1S/C23H37N5O2.HI/c1-4-24-23(25-18-21(30-3)20-10-6-5-7-11-20)28-16-14-26(15-17-28)19(2)22(29)27-12-8-9-13-27;/h5-7,10-11,19,21H,4,8-9,12-18H2,1-3H3,(H,24,25);1H. The lowest BCUT2D eigenvalue weighted by atomic mass is 10.1. The summed E-state index contributed by atoms with van der Waals surface area (Å²) in [6.45, 7) is 10.9. The van der Waals surface area contributed by atoms with Crippen LogP contribution in [0.5, 0.6) is 0 Å². The van der Waals surface area contributed by atoms with Gasteiger partial charge in [0.25, 0.3) is 0 Å². The Hall–Kier alpha value is -1.39. The quantitative estimate of drug-likeness (QED) is 0.326. The lowest BCUT2D eigenvalue weighted by Gasteiger charge is -2.39. The van der Waals surface area contributed by atoms with Crippen molar-refractivity contribution in [3.8, 4) is 0 Å². The lowest BCUT2D eigenvalue weighted by Crippen LogP contribution is -2.57. The average molecular weight is 543 g/mol. The van der Waals surface area contributed by atoms with E-state index in [1.54, 1.807) is 7.11 Å². The number of carbonyl (C=O) groups excluding carboxylic acids is 1. The molecule has 0 saturated carbocycles. The van der Waals surface area contributed by atoms with Gasteiger partial charge < -0.3 is 19.9 Å².